The van der Waals surface area contributed by atoms with Gasteiger partial charge >= 0.3 is 0 Å². The lowest BCUT2D eigenvalue weighted by atomic mass is 10.1. The van der Waals surface area contributed by atoms with Gasteiger partial charge in [-0.2, -0.15) is 0 Å². The molecule has 186 valence electrons. The number of carbonyl (C=O) groups is 2. The highest BCUT2D eigenvalue weighted by Crippen LogP contribution is 2.30. The Hall–Kier alpha value is -2.36. The minimum absolute atomic E-state index is 0.0276. The average Bonchev–Trinajstić information content (AvgIpc) is 2.76. The molecule has 0 unspecified atom stereocenters. The fraction of sp³-hybridized carbons (Fsp3) is 0.391. The van der Waals surface area contributed by atoms with Gasteiger partial charge in [0.2, 0.25) is 21.8 Å². The predicted octanol–water partition coefficient (Wildman–Crippen LogP) is 4.23. The van der Waals surface area contributed by atoms with Crippen molar-refractivity contribution in [1.82, 2.24) is 10.2 Å². The van der Waals surface area contributed by atoms with Gasteiger partial charge in [-0.25, -0.2) is 12.8 Å². The maximum Gasteiger partial charge on any atom is 0.244 e. The molecular formula is C23H28Cl2FN3O4S. The summed E-state index contributed by atoms with van der Waals surface area (Å²) in [4.78, 5) is 27.5. The zero-order valence-corrected chi connectivity index (χ0v) is 21.7. The number of halogens is 3. The van der Waals surface area contributed by atoms with Crippen LogP contribution in [0.4, 0.5) is 10.1 Å². The fourth-order valence-corrected chi connectivity index (χ4v) is 4.54. The van der Waals surface area contributed by atoms with Crippen LogP contribution in [0.25, 0.3) is 0 Å². The van der Waals surface area contributed by atoms with Crippen molar-refractivity contribution < 1.29 is 22.4 Å². The van der Waals surface area contributed by atoms with Crippen LogP contribution in [0.3, 0.4) is 0 Å². The zero-order chi connectivity index (χ0) is 25.6. The summed E-state index contributed by atoms with van der Waals surface area (Å²) in [5.41, 5.74) is 0.661. The van der Waals surface area contributed by atoms with E-state index in [0.717, 1.165) is 10.6 Å². The van der Waals surface area contributed by atoms with Gasteiger partial charge in [-0.1, -0.05) is 42.3 Å². The van der Waals surface area contributed by atoms with Crippen LogP contribution < -0.4 is 9.62 Å². The Kier molecular flexibility index (Phi) is 9.73. The summed E-state index contributed by atoms with van der Waals surface area (Å²) >= 11 is 12.1. The van der Waals surface area contributed by atoms with Gasteiger partial charge in [-0.15, -0.1) is 0 Å². The van der Waals surface area contributed by atoms with E-state index in [1.807, 2.05) is 13.8 Å². The van der Waals surface area contributed by atoms with Gasteiger partial charge < -0.3 is 10.2 Å². The van der Waals surface area contributed by atoms with Crippen molar-refractivity contribution in [2.24, 2.45) is 0 Å². The number of hydrogen-bond acceptors (Lipinski definition) is 4. The summed E-state index contributed by atoms with van der Waals surface area (Å²) in [6.45, 7) is 4.68. The molecule has 0 saturated carbocycles. The van der Waals surface area contributed by atoms with Gasteiger partial charge in [-0.05, 0) is 56.2 Å². The van der Waals surface area contributed by atoms with Crippen LogP contribution in [0.2, 0.25) is 10.0 Å². The molecule has 2 rings (SSSR count). The molecule has 1 N–H and O–H groups in total. The number of rotatable bonds is 10. The Morgan fingerprint density at radius 1 is 1.09 bits per heavy atom. The SMILES string of the molecule is CC[C@@H](C)NC(=O)[C@H](C)N(Cc1ccc(F)cc1)C(=O)CN(c1ccc(Cl)cc1Cl)S(C)(=O)=O. The summed E-state index contributed by atoms with van der Waals surface area (Å²) in [6, 6.07) is 8.70. The Morgan fingerprint density at radius 3 is 2.24 bits per heavy atom. The summed E-state index contributed by atoms with van der Waals surface area (Å²) in [5.74, 6) is -1.46. The van der Waals surface area contributed by atoms with Gasteiger partial charge in [0.05, 0.1) is 17.0 Å². The molecule has 0 spiro atoms. The van der Waals surface area contributed by atoms with Crippen LogP contribution in [0.15, 0.2) is 42.5 Å². The number of nitrogens with zero attached hydrogens (tertiary/aromatic N) is 2. The molecular weight excluding hydrogens is 504 g/mol. The van der Waals surface area contributed by atoms with E-state index in [9.17, 15) is 22.4 Å². The molecule has 0 fully saturated rings. The number of anilines is 1. The summed E-state index contributed by atoms with van der Waals surface area (Å²) in [6.07, 6.45) is 1.65. The Labute approximate surface area is 209 Å². The van der Waals surface area contributed by atoms with Crippen LogP contribution >= 0.6 is 23.2 Å². The molecule has 34 heavy (non-hydrogen) atoms. The molecule has 0 aromatic heterocycles. The van der Waals surface area contributed by atoms with Crippen molar-refractivity contribution in [3.63, 3.8) is 0 Å². The molecule has 0 heterocycles. The maximum atomic E-state index is 13.4. The molecule has 2 amide bonds. The standard InChI is InChI=1S/C23H28Cl2FN3O4S/c1-5-15(2)27-23(31)16(3)28(13-17-6-9-19(26)10-7-17)22(30)14-29(34(4,32)33)21-11-8-18(24)12-20(21)25/h6-12,15-16H,5,13-14H2,1-4H3,(H,27,31)/t15-,16+/m1/s1. The van der Waals surface area contributed by atoms with Crippen molar-refractivity contribution in [2.75, 3.05) is 17.1 Å². The van der Waals surface area contributed by atoms with Crippen LogP contribution in [-0.4, -0.2) is 50.0 Å². The summed E-state index contributed by atoms with van der Waals surface area (Å²) < 4.78 is 39.3. The number of hydrogen-bond donors (Lipinski definition) is 1. The molecule has 0 aliphatic carbocycles. The van der Waals surface area contributed by atoms with Crippen molar-refractivity contribution in [3.8, 4) is 0 Å². The van der Waals surface area contributed by atoms with E-state index in [2.05, 4.69) is 5.32 Å². The minimum atomic E-state index is -3.92. The topological polar surface area (TPSA) is 86.8 Å². The van der Waals surface area contributed by atoms with Crippen molar-refractivity contribution >= 4 is 50.7 Å². The third-order valence-corrected chi connectivity index (χ3v) is 6.96. The van der Waals surface area contributed by atoms with Gasteiger partial charge in [0.15, 0.2) is 0 Å². The van der Waals surface area contributed by atoms with Gasteiger partial charge in [-0.3, -0.25) is 13.9 Å². The fourth-order valence-electron chi connectivity index (χ4n) is 3.11. The highest BCUT2D eigenvalue weighted by Gasteiger charge is 2.31. The van der Waals surface area contributed by atoms with Gasteiger partial charge in [0, 0.05) is 17.6 Å². The first kappa shape index (κ1) is 27.9. The molecule has 11 heteroatoms. The third kappa shape index (κ3) is 7.58. The molecule has 7 nitrogen and oxygen atoms in total. The van der Waals surface area contributed by atoms with Crippen LogP contribution in [0.1, 0.15) is 32.8 Å². The predicted molar refractivity (Wildman–Crippen MR) is 133 cm³/mol. The number of amides is 2. The largest absolute Gasteiger partial charge is 0.352 e. The van der Waals surface area contributed by atoms with Crippen LogP contribution in [0.5, 0.6) is 0 Å². The molecule has 0 bridgehead atoms. The lowest BCUT2D eigenvalue weighted by molar-refractivity contribution is -0.139. The second kappa shape index (κ2) is 11.9. The molecule has 2 aromatic carbocycles. The van der Waals surface area contributed by atoms with E-state index >= 15 is 0 Å². The first-order chi connectivity index (χ1) is 15.8. The highest BCUT2D eigenvalue weighted by atomic mass is 35.5. The average molecular weight is 532 g/mol. The molecule has 0 saturated heterocycles. The van der Waals surface area contributed by atoms with E-state index in [1.54, 1.807) is 6.92 Å². The number of benzene rings is 2. The lowest BCUT2D eigenvalue weighted by Crippen LogP contribution is -2.52. The van der Waals surface area contributed by atoms with E-state index in [1.165, 1.54) is 47.4 Å². The number of carbonyl (C=O) groups excluding carboxylic acids is 2. The van der Waals surface area contributed by atoms with Crippen molar-refractivity contribution in [1.29, 1.82) is 0 Å². The van der Waals surface area contributed by atoms with E-state index in [0.29, 0.717) is 17.0 Å². The number of sulfonamides is 1. The lowest BCUT2D eigenvalue weighted by Gasteiger charge is -2.32. The second-order valence-electron chi connectivity index (χ2n) is 8.01. The Morgan fingerprint density at radius 2 is 1.71 bits per heavy atom. The molecule has 0 aliphatic rings. The van der Waals surface area contributed by atoms with Crippen molar-refractivity contribution in [3.05, 3.63) is 63.9 Å². The zero-order valence-electron chi connectivity index (χ0n) is 19.4. The molecule has 2 aromatic rings. The summed E-state index contributed by atoms with van der Waals surface area (Å²) in [7, 11) is -3.92. The number of nitrogens with one attached hydrogen (secondary N) is 1. The van der Waals surface area contributed by atoms with E-state index in [4.69, 9.17) is 23.2 Å². The van der Waals surface area contributed by atoms with Gasteiger partial charge in [0.25, 0.3) is 0 Å². The molecule has 0 aliphatic heterocycles. The highest BCUT2D eigenvalue weighted by molar-refractivity contribution is 7.92. The first-order valence-corrected chi connectivity index (χ1v) is 13.2. The minimum Gasteiger partial charge on any atom is -0.352 e. The second-order valence-corrected chi connectivity index (χ2v) is 10.8. The Balaban J connectivity index is 2.41. The van der Waals surface area contributed by atoms with E-state index in [-0.39, 0.29) is 29.2 Å². The molecule has 0 radical (unpaired) electrons. The quantitative estimate of drug-likeness (QED) is 0.496. The van der Waals surface area contributed by atoms with E-state index < -0.39 is 34.3 Å². The van der Waals surface area contributed by atoms with Crippen LogP contribution in [-0.2, 0) is 26.2 Å². The smallest absolute Gasteiger partial charge is 0.244 e. The molecule has 2 atom stereocenters. The summed E-state index contributed by atoms with van der Waals surface area (Å²) in [5, 5.41) is 3.19. The third-order valence-electron chi connectivity index (χ3n) is 5.29. The monoisotopic (exact) mass is 531 g/mol. The van der Waals surface area contributed by atoms with Crippen molar-refractivity contribution in [2.45, 2.75) is 45.8 Å². The first-order valence-electron chi connectivity index (χ1n) is 10.6. The van der Waals surface area contributed by atoms with Gasteiger partial charge in [0.1, 0.15) is 18.4 Å². The Bertz CT molecular complexity index is 1130. The van der Waals surface area contributed by atoms with Crippen LogP contribution in [0, 0.1) is 5.82 Å². The maximum absolute atomic E-state index is 13.4. The normalized spacial score (nSPS) is 13.1.